The molecule has 21 heavy (non-hydrogen) atoms. The Bertz CT molecular complexity index is 71.2. The normalized spacial score (nSPS) is 2.81. The van der Waals surface area contributed by atoms with Crippen molar-refractivity contribution in [1.82, 2.24) is 0 Å². The maximum atomic E-state index is 8.88. The Balaban J connectivity index is -0.000000000523. The molecule has 0 aromatic rings. The van der Waals surface area contributed by atoms with Gasteiger partial charge in [0.1, 0.15) is 0 Å². The van der Waals surface area contributed by atoms with Crippen LogP contribution in [0.15, 0.2) is 0 Å². The molecule has 0 aliphatic rings. The van der Waals surface area contributed by atoms with E-state index in [4.69, 9.17) is 19.2 Å². The maximum absolute atomic E-state index is 8.88. The molecule has 0 amide bonds. The molecular weight excluding hydrogens is 365 g/mol. The zero-order valence-corrected chi connectivity index (χ0v) is 16.1. The van der Waals surface area contributed by atoms with Crippen molar-refractivity contribution in [1.29, 1.82) is 0 Å². The fourth-order valence-corrected chi connectivity index (χ4v) is 0. The minimum atomic E-state index is -4.64. The van der Waals surface area contributed by atoms with Gasteiger partial charge in [0, 0.05) is 0 Å². The van der Waals surface area contributed by atoms with Crippen molar-refractivity contribution in [3.05, 3.63) is 0 Å². The Labute approximate surface area is 165 Å². The van der Waals surface area contributed by atoms with Gasteiger partial charge in [-0.1, -0.05) is 0 Å². The molecule has 0 saturated heterocycles. The standard InChI is InChI=1S/2Na.H3O4P.14H2O.2H/c;;1-5(2,3)4;;;;;;;;;;;;;;;;/h;;(H3,1,2,3,4);14*1H2;;/q2*+1;;;;;;;;;;;;;;;;2*-1. The van der Waals surface area contributed by atoms with Crippen LogP contribution in [0.4, 0.5) is 0 Å². The first-order chi connectivity index (χ1) is 2.00. The van der Waals surface area contributed by atoms with Gasteiger partial charge in [0.05, 0.1) is 0 Å². The molecule has 148 valence electrons. The van der Waals surface area contributed by atoms with E-state index >= 15 is 0 Å². The molecule has 0 saturated carbocycles. The molecule has 0 heterocycles. The third kappa shape index (κ3) is 3430. The molecule has 0 spiro atoms. The Morgan fingerprint density at radius 3 is 0.429 bits per heavy atom. The van der Waals surface area contributed by atoms with E-state index in [9.17, 15) is 0 Å². The van der Waals surface area contributed by atoms with E-state index in [2.05, 4.69) is 0 Å². The molecule has 0 unspecified atom stereocenters. The Morgan fingerprint density at radius 1 is 0.429 bits per heavy atom. The van der Waals surface area contributed by atoms with Gasteiger partial charge in [0.25, 0.3) is 0 Å². The van der Waals surface area contributed by atoms with E-state index in [1.54, 1.807) is 0 Å². The summed E-state index contributed by atoms with van der Waals surface area (Å²) < 4.78 is 8.88. The van der Waals surface area contributed by atoms with Crippen molar-refractivity contribution in [3.8, 4) is 0 Å². The predicted molar refractivity (Wildman–Crippen MR) is 67.1 cm³/mol. The predicted octanol–water partition coefficient (Wildman–Crippen LogP) is -18.2. The van der Waals surface area contributed by atoms with Crippen LogP contribution in [0.5, 0.6) is 0 Å². The molecule has 0 aliphatic carbocycles. The Kier molecular flexibility index (Phi) is 2580. The number of hydrogen-bond donors (Lipinski definition) is 3. The Morgan fingerprint density at radius 2 is 0.429 bits per heavy atom. The average molecular weight is 398 g/mol. The van der Waals surface area contributed by atoms with Crippen LogP contribution < -0.4 is 59.1 Å². The summed E-state index contributed by atoms with van der Waals surface area (Å²) in [7, 11) is -4.64. The molecule has 21 heteroatoms. The van der Waals surface area contributed by atoms with E-state index in [-0.39, 0.29) is 139 Å². The minimum absolute atomic E-state index is 0. The van der Waals surface area contributed by atoms with Crippen LogP contribution in [-0.2, 0) is 4.57 Å². The van der Waals surface area contributed by atoms with Crippen LogP contribution in [0.2, 0.25) is 0 Å². The summed E-state index contributed by atoms with van der Waals surface area (Å²) in [6.07, 6.45) is 0. The van der Waals surface area contributed by atoms with Gasteiger partial charge in [0.15, 0.2) is 0 Å². The first-order valence-corrected chi connectivity index (χ1v) is 2.35. The van der Waals surface area contributed by atoms with Gasteiger partial charge in [0.2, 0.25) is 0 Å². The van der Waals surface area contributed by atoms with Crippen LogP contribution in [0.25, 0.3) is 0 Å². The molecule has 0 bridgehead atoms. The van der Waals surface area contributed by atoms with Crippen molar-refractivity contribution >= 4 is 7.82 Å². The monoisotopic (exact) mass is 398 g/mol. The molecule has 0 aromatic heterocycles. The van der Waals surface area contributed by atoms with Gasteiger partial charge < -0.3 is 94.2 Å². The zero-order valence-electron chi connectivity index (χ0n) is 13.2. The largest absolute Gasteiger partial charge is 1.00 e. The first kappa shape index (κ1) is 340. The minimum Gasteiger partial charge on any atom is -1.00 e. The van der Waals surface area contributed by atoms with Gasteiger partial charge in [-0.3, -0.25) is 0 Å². The smallest absolute Gasteiger partial charge is 1.00 e. The Hall–Kier alpha value is 1.55. The first-order valence-electron chi connectivity index (χ1n) is 0.783. The van der Waals surface area contributed by atoms with Gasteiger partial charge in [-0.2, -0.15) is 0 Å². The van der Waals surface area contributed by atoms with Gasteiger partial charge in [-0.25, -0.2) is 4.57 Å². The number of hydrogen-bond acceptors (Lipinski definition) is 1. The summed E-state index contributed by atoms with van der Waals surface area (Å²) in [4.78, 5) is 21.6. The van der Waals surface area contributed by atoms with E-state index in [0.717, 1.165) is 0 Å². The summed E-state index contributed by atoms with van der Waals surface area (Å²) in [5.74, 6) is 0. The third-order valence-electron chi connectivity index (χ3n) is 0. The summed E-state index contributed by atoms with van der Waals surface area (Å²) in [6.45, 7) is 0. The average Bonchev–Trinajstić information content (AvgIpc) is 0.722. The van der Waals surface area contributed by atoms with Gasteiger partial charge in [-0.15, -0.1) is 0 Å². The summed E-state index contributed by atoms with van der Waals surface area (Å²) in [5.41, 5.74) is 0. The maximum Gasteiger partial charge on any atom is 1.00 e. The molecule has 0 aliphatic heterocycles. The zero-order chi connectivity index (χ0) is 4.50. The molecule has 0 rings (SSSR count). The molecule has 0 fully saturated rings. The van der Waals surface area contributed by atoms with Crippen LogP contribution in [0.3, 0.4) is 0 Å². The third-order valence-corrected chi connectivity index (χ3v) is 0. The molecular formula is H33Na2O18P. The summed E-state index contributed by atoms with van der Waals surface area (Å²) in [5, 5.41) is 0. The number of rotatable bonds is 0. The van der Waals surface area contributed by atoms with Crippen LogP contribution in [0, 0.1) is 0 Å². The topological polar surface area (TPSA) is 519 Å². The van der Waals surface area contributed by atoms with Crippen molar-refractivity contribution in [2.75, 3.05) is 0 Å². The van der Waals surface area contributed by atoms with E-state index in [0.29, 0.717) is 0 Å². The van der Waals surface area contributed by atoms with Crippen LogP contribution >= 0.6 is 7.82 Å². The molecule has 31 N–H and O–H groups in total. The summed E-state index contributed by atoms with van der Waals surface area (Å²) in [6, 6.07) is 0. The molecule has 0 atom stereocenters. The van der Waals surface area contributed by atoms with E-state index in [1.165, 1.54) is 0 Å². The quantitative estimate of drug-likeness (QED) is 0.264. The number of phosphoric acid groups is 1. The van der Waals surface area contributed by atoms with Crippen LogP contribution in [-0.4, -0.2) is 91.3 Å². The van der Waals surface area contributed by atoms with Crippen molar-refractivity contribution < 1.29 is 158 Å². The molecule has 0 aromatic carbocycles. The van der Waals surface area contributed by atoms with E-state index in [1.807, 2.05) is 0 Å². The molecule has 18 nitrogen and oxygen atoms in total. The summed E-state index contributed by atoms with van der Waals surface area (Å²) >= 11 is 0. The fourth-order valence-electron chi connectivity index (χ4n) is 0. The fraction of sp³-hybridized carbons (Fsp3) is 0. The second-order valence-electron chi connectivity index (χ2n) is 0.513. The van der Waals surface area contributed by atoms with Gasteiger partial charge in [-0.05, 0) is 0 Å². The van der Waals surface area contributed by atoms with Gasteiger partial charge >= 0.3 is 66.9 Å². The van der Waals surface area contributed by atoms with Crippen molar-refractivity contribution in [3.63, 3.8) is 0 Å². The van der Waals surface area contributed by atoms with Crippen molar-refractivity contribution in [2.24, 2.45) is 0 Å². The molecule has 0 radical (unpaired) electrons. The SMILES string of the molecule is O.O.O.O.O.O.O.O.O.O.O.O.O.O.O=P(O)(O)O.[H-].[H-].[Na+].[Na+]. The second-order valence-corrected chi connectivity index (χ2v) is 1.54. The van der Waals surface area contributed by atoms with E-state index < -0.39 is 7.82 Å². The second kappa shape index (κ2) is 160. The van der Waals surface area contributed by atoms with Crippen molar-refractivity contribution in [2.45, 2.75) is 0 Å². The van der Waals surface area contributed by atoms with Crippen LogP contribution in [0.1, 0.15) is 2.85 Å².